The summed E-state index contributed by atoms with van der Waals surface area (Å²) in [7, 11) is 1.75. The lowest BCUT2D eigenvalue weighted by Gasteiger charge is -2.19. The number of nitrogens with one attached hydrogen (secondary N) is 1. The quantitative estimate of drug-likeness (QED) is 0.680. The van der Waals surface area contributed by atoms with E-state index < -0.39 is 0 Å². The third kappa shape index (κ3) is 3.13. The Labute approximate surface area is 93.7 Å². The summed E-state index contributed by atoms with van der Waals surface area (Å²) in [6.45, 7) is 0.161. The third-order valence-electron chi connectivity index (χ3n) is 1.98. The van der Waals surface area contributed by atoms with E-state index in [4.69, 9.17) is 11.0 Å². The molecule has 1 heterocycles. The Bertz CT molecular complexity index is 412. The van der Waals surface area contributed by atoms with E-state index in [2.05, 4.69) is 10.3 Å². The molecule has 0 saturated heterocycles. The van der Waals surface area contributed by atoms with Gasteiger partial charge in [0.15, 0.2) is 0 Å². The van der Waals surface area contributed by atoms with Gasteiger partial charge < -0.3 is 16.0 Å². The normalized spacial score (nSPS) is 9.25. The Kier molecular flexibility index (Phi) is 4.09. The number of rotatable bonds is 4. The predicted octanol–water partition coefficient (Wildman–Crippen LogP) is -0.260. The number of hydrogen-bond donors (Lipinski definition) is 2. The number of likely N-dealkylation sites (N-methyl/N-ethyl adjacent to an activating group) is 1. The topological polar surface area (TPSA) is 95.0 Å². The first kappa shape index (κ1) is 11.8. The Morgan fingerprint density at radius 1 is 1.75 bits per heavy atom. The summed E-state index contributed by atoms with van der Waals surface area (Å²) >= 11 is 0. The first-order chi connectivity index (χ1) is 7.65. The van der Waals surface area contributed by atoms with Gasteiger partial charge in [-0.3, -0.25) is 9.78 Å². The molecule has 1 aromatic rings. The monoisotopic (exact) mass is 219 g/mol. The van der Waals surface area contributed by atoms with Gasteiger partial charge in [0.05, 0.1) is 30.2 Å². The van der Waals surface area contributed by atoms with Crippen LogP contribution in [0.3, 0.4) is 0 Å². The van der Waals surface area contributed by atoms with E-state index in [0.29, 0.717) is 5.69 Å². The lowest BCUT2D eigenvalue weighted by Crippen LogP contribution is -2.35. The van der Waals surface area contributed by atoms with Crippen LogP contribution in [-0.2, 0) is 4.79 Å². The lowest BCUT2D eigenvalue weighted by molar-refractivity contribution is -0.119. The Morgan fingerprint density at radius 3 is 3.12 bits per heavy atom. The van der Waals surface area contributed by atoms with Crippen LogP contribution in [0.15, 0.2) is 18.5 Å². The van der Waals surface area contributed by atoms with Gasteiger partial charge in [0.2, 0.25) is 5.91 Å². The van der Waals surface area contributed by atoms with Crippen LogP contribution in [0, 0.1) is 11.3 Å². The van der Waals surface area contributed by atoms with Gasteiger partial charge in [0, 0.05) is 13.2 Å². The van der Waals surface area contributed by atoms with Crippen molar-refractivity contribution >= 4 is 17.3 Å². The fraction of sp³-hybridized carbons (Fsp3) is 0.300. The summed E-state index contributed by atoms with van der Waals surface area (Å²) in [6.07, 6.45) is 3.13. The average Bonchev–Trinajstić information content (AvgIpc) is 2.26. The number of pyridine rings is 1. The number of nitrogen functional groups attached to an aromatic ring is 1. The third-order valence-corrected chi connectivity index (χ3v) is 1.98. The number of aromatic nitrogens is 1. The summed E-state index contributed by atoms with van der Waals surface area (Å²) in [6, 6.07) is 3.57. The molecule has 0 radical (unpaired) electrons. The minimum atomic E-state index is -0.222. The van der Waals surface area contributed by atoms with Crippen molar-refractivity contribution in [2.45, 2.75) is 0 Å². The van der Waals surface area contributed by atoms with Gasteiger partial charge in [0.1, 0.15) is 6.54 Å². The number of nitrogens with zero attached hydrogens (tertiary/aromatic N) is 3. The number of carbonyl (C=O) groups excluding carboxylic acids is 1. The van der Waals surface area contributed by atoms with Crippen molar-refractivity contribution in [1.29, 1.82) is 5.26 Å². The molecule has 1 rings (SSSR count). The highest BCUT2D eigenvalue weighted by molar-refractivity contribution is 5.82. The standard InChI is InChI=1S/C10H13N5O/c1-15(7-10(16)14-5-3-11)9-2-4-13-6-8(9)12/h2,4,6H,5,7,12H2,1H3,(H,14,16). The van der Waals surface area contributed by atoms with Crippen LogP contribution in [0.4, 0.5) is 11.4 Å². The number of amides is 1. The van der Waals surface area contributed by atoms with Crippen LogP contribution in [-0.4, -0.2) is 31.0 Å². The zero-order chi connectivity index (χ0) is 12.0. The van der Waals surface area contributed by atoms with Crippen LogP contribution in [0.2, 0.25) is 0 Å². The molecule has 6 heteroatoms. The Balaban J connectivity index is 2.59. The van der Waals surface area contributed by atoms with Crippen molar-refractivity contribution < 1.29 is 4.79 Å². The van der Waals surface area contributed by atoms with E-state index in [9.17, 15) is 4.79 Å². The Morgan fingerprint density at radius 2 is 2.50 bits per heavy atom. The molecule has 0 atom stereocenters. The van der Waals surface area contributed by atoms with Crippen molar-refractivity contribution in [3.63, 3.8) is 0 Å². The average molecular weight is 219 g/mol. The molecule has 0 spiro atoms. The molecule has 6 nitrogen and oxygen atoms in total. The van der Waals surface area contributed by atoms with E-state index in [-0.39, 0.29) is 19.0 Å². The highest BCUT2D eigenvalue weighted by Crippen LogP contribution is 2.18. The molecule has 0 aliphatic carbocycles. The van der Waals surface area contributed by atoms with Crippen LogP contribution in [0.5, 0.6) is 0 Å². The van der Waals surface area contributed by atoms with E-state index in [1.165, 1.54) is 6.20 Å². The number of anilines is 2. The van der Waals surface area contributed by atoms with Crippen LogP contribution in [0.25, 0.3) is 0 Å². The van der Waals surface area contributed by atoms with Gasteiger partial charge in [-0.2, -0.15) is 5.26 Å². The van der Waals surface area contributed by atoms with E-state index in [0.717, 1.165) is 5.69 Å². The van der Waals surface area contributed by atoms with Gasteiger partial charge in [-0.25, -0.2) is 0 Å². The summed E-state index contributed by atoms with van der Waals surface area (Å²) < 4.78 is 0. The summed E-state index contributed by atoms with van der Waals surface area (Å²) in [5, 5.41) is 10.8. The smallest absolute Gasteiger partial charge is 0.240 e. The molecule has 0 unspecified atom stereocenters. The van der Waals surface area contributed by atoms with Crippen LogP contribution >= 0.6 is 0 Å². The molecule has 3 N–H and O–H groups in total. The second-order valence-corrected chi connectivity index (χ2v) is 3.23. The lowest BCUT2D eigenvalue weighted by atomic mass is 10.3. The molecular weight excluding hydrogens is 206 g/mol. The number of carbonyl (C=O) groups is 1. The molecule has 0 aliphatic heterocycles. The highest BCUT2D eigenvalue weighted by Gasteiger charge is 2.08. The fourth-order valence-corrected chi connectivity index (χ4v) is 1.24. The Hall–Kier alpha value is -2.29. The molecule has 0 saturated carbocycles. The van der Waals surface area contributed by atoms with E-state index >= 15 is 0 Å². The zero-order valence-electron chi connectivity index (χ0n) is 8.97. The molecule has 0 fully saturated rings. The number of hydrogen-bond acceptors (Lipinski definition) is 5. The van der Waals surface area contributed by atoms with Gasteiger partial charge in [0.25, 0.3) is 0 Å². The van der Waals surface area contributed by atoms with Gasteiger partial charge >= 0.3 is 0 Å². The van der Waals surface area contributed by atoms with Gasteiger partial charge in [-0.1, -0.05) is 0 Å². The molecule has 84 valence electrons. The van der Waals surface area contributed by atoms with E-state index in [1.807, 2.05) is 6.07 Å². The summed E-state index contributed by atoms with van der Waals surface area (Å²) in [4.78, 5) is 16.9. The van der Waals surface area contributed by atoms with Crippen molar-refractivity contribution in [2.24, 2.45) is 0 Å². The van der Waals surface area contributed by atoms with Crippen molar-refractivity contribution in [3.05, 3.63) is 18.5 Å². The number of nitrogens with two attached hydrogens (primary N) is 1. The molecular formula is C10H13N5O. The SMILES string of the molecule is CN(CC(=O)NCC#N)c1ccncc1N. The first-order valence-electron chi connectivity index (χ1n) is 4.69. The molecule has 0 aliphatic rings. The molecule has 0 aromatic carbocycles. The van der Waals surface area contributed by atoms with Crippen molar-refractivity contribution in [3.8, 4) is 6.07 Å². The van der Waals surface area contributed by atoms with Crippen LogP contribution in [0.1, 0.15) is 0 Å². The largest absolute Gasteiger partial charge is 0.396 e. The molecule has 0 bridgehead atoms. The fourth-order valence-electron chi connectivity index (χ4n) is 1.24. The minimum absolute atomic E-state index is 0.0124. The zero-order valence-corrected chi connectivity index (χ0v) is 8.97. The summed E-state index contributed by atoms with van der Waals surface area (Å²) in [5.74, 6) is -0.222. The maximum absolute atomic E-state index is 11.3. The second kappa shape index (κ2) is 5.56. The summed E-state index contributed by atoms with van der Waals surface area (Å²) in [5.41, 5.74) is 6.96. The predicted molar refractivity (Wildman–Crippen MR) is 60.5 cm³/mol. The maximum atomic E-state index is 11.3. The maximum Gasteiger partial charge on any atom is 0.240 e. The molecule has 1 aromatic heterocycles. The van der Waals surface area contributed by atoms with Gasteiger partial charge in [-0.05, 0) is 6.07 Å². The minimum Gasteiger partial charge on any atom is -0.396 e. The highest BCUT2D eigenvalue weighted by atomic mass is 16.2. The molecule has 16 heavy (non-hydrogen) atoms. The van der Waals surface area contributed by atoms with E-state index in [1.54, 1.807) is 24.2 Å². The number of nitriles is 1. The second-order valence-electron chi connectivity index (χ2n) is 3.23. The van der Waals surface area contributed by atoms with Crippen LogP contribution < -0.4 is 16.0 Å². The van der Waals surface area contributed by atoms with Crippen molar-refractivity contribution in [2.75, 3.05) is 30.8 Å². The molecule has 1 amide bonds. The van der Waals surface area contributed by atoms with Gasteiger partial charge in [-0.15, -0.1) is 0 Å². The first-order valence-corrected chi connectivity index (χ1v) is 4.69. The van der Waals surface area contributed by atoms with Crippen molar-refractivity contribution in [1.82, 2.24) is 10.3 Å².